The lowest BCUT2D eigenvalue weighted by atomic mass is 10.2. The fourth-order valence-corrected chi connectivity index (χ4v) is 3.60. The Morgan fingerprint density at radius 3 is 2.46 bits per heavy atom. The minimum absolute atomic E-state index is 0.110. The Kier molecular flexibility index (Phi) is 2.95. The Morgan fingerprint density at radius 1 is 1.46 bits per heavy atom. The molecule has 0 saturated carbocycles. The molecule has 1 fully saturated rings. The Morgan fingerprint density at radius 2 is 2.08 bits per heavy atom. The van der Waals surface area contributed by atoms with Crippen LogP contribution in [0.3, 0.4) is 0 Å². The van der Waals surface area contributed by atoms with Crippen LogP contribution in [0.4, 0.5) is 0 Å². The van der Waals surface area contributed by atoms with Crippen molar-refractivity contribution in [1.29, 1.82) is 0 Å². The van der Waals surface area contributed by atoms with Gasteiger partial charge < -0.3 is 0 Å². The van der Waals surface area contributed by atoms with Crippen LogP contribution in [0.1, 0.15) is 12.8 Å². The zero-order valence-electron chi connectivity index (χ0n) is 6.93. The summed E-state index contributed by atoms with van der Waals surface area (Å²) in [6, 6.07) is 0. The molecule has 0 bridgehead atoms. The van der Waals surface area contributed by atoms with E-state index in [1.165, 1.54) is 0 Å². The monoisotopic (exact) mass is 228 g/mol. The van der Waals surface area contributed by atoms with Crippen LogP contribution in [0.15, 0.2) is 0 Å². The second-order valence-electron chi connectivity index (χ2n) is 3.02. The first-order valence-electron chi connectivity index (χ1n) is 3.80. The molecule has 0 spiro atoms. The molecule has 3 N–H and O–H groups in total. The predicted octanol–water partition coefficient (Wildman–Crippen LogP) is -1.64. The molecule has 1 unspecified atom stereocenters. The molecule has 0 aromatic rings. The number of hydrogen-bond donors (Lipinski definition) is 2. The summed E-state index contributed by atoms with van der Waals surface area (Å²) in [6.07, 6.45) is 1.10. The molecule has 0 radical (unpaired) electrons. The smallest absolute Gasteiger partial charge is 0.229 e. The van der Waals surface area contributed by atoms with E-state index in [1.807, 2.05) is 4.72 Å². The van der Waals surface area contributed by atoms with Crippen LogP contribution >= 0.6 is 0 Å². The van der Waals surface area contributed by atoms with E-state index < -0.39 is 25.3 Å². The summed E-state index contributed by atoms with van der Waals surface area (Å²) in [4.78, 5) is 0. The fourth-order valence-electron chi connectivity index (χ4n) is 1.30. The molecule has 13 heavy (non-hydrogen) atoms. The zero-order valence-corrected chi connectivity index (χ0v) is 8.57. The van der Waals surface area contributed by atoms with Gasteiger partial charge in [-0.05, 0) is 12.8 Å². The molecule has 1 heterocycles. The standard InChI is InChI=1S/C5H12N2O4S2/c6-13(10,11)7-4-5-2-1-3-12(5,8)9/h5,7H,1-4H2,(H2,6,10,11). The SMILES string of the molecule is NS(=O)(=O)NCC1CCCS1(=O)=O. The molecular weight excluding hydrogens is 216 g/mol. The number of sulfone groups is 1. The Hall–Kier alpha value is -0.180. The van der Waals surface area contributed by atoms with Crippen molar-refractivity contribution in [3.05, 3.63) is 0 Å². The topological polar surface area (TPSA) is 106 Å². The predicted molar refractivity (Wildman–Crippen MR) is 47.9 cm³/mol. The third-order valence-corrected chi connectivity index (χ3v) is 4.82. The van der Waals surface area contributed by atoms with Gasteiger partial charge in [-0.2, -0.15) is 8.42 Å². The van der Waals surface area contributed by atoms with Gasteiger partial charge in [-0.25, -0.2) is 18.3 Å². The molecule has 78 valence electrons. The van der Waals surface area contributed by atoms with Crippen molar-refractivity contribution in [1.82, 2.24) is 4.72 Å². The van der Waals surface area contributed by atoms with Crippen LogP contribution in [0.25, 0.3) is 0 Å². The van der Waals surface area contributed by atoms with Gasteiger partial charge >= 0.3 is 0 Å². The first kappa shape index (κ1) is 10.9. The third kappa shape index (κ3) is 3.22. The number of nitrogens with two attached hydrogens (primary N) is 1. The van der Waals surface area contributed by atoms with Crippen molar-refractivity contribution >= 4 is 20.0 Å². The Labute approximate surface area is 77.6 Å². The van der Waals surface area contributed by atoms with E-state index in [-0.39, 0.29) is 12.3 Å². The fraction of sp³-hybridized carbons (Fsp3) is 1.00. The van der Waals surface area contributed by atoms with Crippen molar-refractivity contribution in [2.75, 3.05) is 12.3 Å². The largest absolute Gasteiger partial charge is 0.274 e. The van der Waals surface area contributed by atoms with Crippen molar-refractivity contribution in [3.8, 4) is 0 Å². The van der Waals surface area contributed by atoms with E-state index in [0.717, 1.165) is 0 Å². The average Bonchev–Trinajstić information content (AvgIpc) is 2.23. The van der Waals surface area contributed by atoms with Gasteiger partial charge in [0.15, 0.2) is 9.84 Å². The van der Waals surface area contributed by atoms with E-state index in [1.54, 1.807) is 0 Å². The lowest BCUT2D eigenvalue weighted by molar-refractivity contribution is 0.572. The number of hydrogen-bond acceptors (Lipinski definition) is 4. The summed E-state index contributed by atoms with van der Waals surface area (Å²) in [5.41, 5.74) is 0. The highest BCUT2D eigenvalue weighted by Gasteiger charge is 2.31. The van der Waals surface area contributed by atoms with Gasteiger partial charge in [0.2, 0.25) is 0 Å². The molecular formula is C5H12N2O4S2. The lowest BCUT2D eigenvalue weighted by Crippen LogP contribution is -2.38. The van der Waals surface area contributed by atoms with E-state index in [9.17, 15) is 16.8 Å². The Bertz CT molecular complexity index is 371. The molecule has 1 aliphatic rings. The minimum Gasteiger partial charge on any atom is -0.229 e. The molecule has 0 aliphatic carbocycles. The first-order valence-corrected chi connectivity index (χ1v) is 7.06. The summed E-state index contributed by atoms with van der Waals surface area (Å²) < 4.78 is 45.3. The van der Waals surface area contributed by atoms with Crippen LogP contribution in [-0.4, -0.2) is 34.4 Å². The summed E-state index contributed by atoms with van der Waals surface area (Å²) in [6.45, 7) is -0.110. The van der Waals surface area contributed by atoms with Crippen LogP contribution in [-0.2, 0) is 20.0 Å². The highest BCUT2D eigenvalue weighted by molar-refractivity contribution is 7.92. The molecule has 0 aromatic carbocycles. The zero-order chi connectivity index (χ0) is 10.1. The highest BCUT2D eigenvalue weighted by atomic mass is 32.2. The summed E-state index contributed by atoms with van der Waals surface area (Å²) in [5.74, 6) is 0.143. The van der Waals surface area contributed by atoms with Crippen LogP contribution in [0.2, 0.25) is 0 Å². The molecule has 8 heteroatoms. The van der Waals surface area contributed by atoms with Gasteiger partial charge in [-0.3, -0.25) is 0 Å². The van der Waals surface area contributed by atoms with Crippen LogP contribution in [0.5, 0.6) is 0 Å². The van der Waals surface area contributed by atoms with Gasteiger partial charge in [0, 0.05) is 6.54 Å². The maximum atomic E-state index is 11.2. The van der Waals surface area contributed by atoms with E-state index in [2.05, 4.69) is 5.14 Å². The number of nitrogens with one attached hydrogen (secondary N) is 1. The van der Waals surface area contributed by atoms with E-state index in [0.29, 0.717) is 12.8 Å². The van der Waals surface area contributed by atoms with Crippen LogP contribution in [0, 0.1) is 0 Å². The second-order valence-corrected chi connectivity index (χ2v) is 6.80. The number of rotatable bonds is 3. The lowest BCUT2D eigenvalue weighted by Gasteiger charge is -2.08. The van der Waals surface area contributed by atoms with Crippen molar-refractivity contribution in [2.45, 2.75) is 18.1 Å². The molecule has 6 nitrogen and oxygen atoms in total. The van der Waals surface area contributed by atoms with Gasteiger partial charge in [0.05, 0.1) is 11.0 Å². The van der Waals surface area contributed by atoms with E-state index in [4.69, 9.17) is 0 Å². The normalized spacial score (nSPS) is 27.6. The quantitative estimate of drug-likeness (QED) is 0.604. The molecule has 1 saturated heterocycles. The van der Waals surface area contributed by atoms with Gasteiger partial charge in [-0.15, -0.1) is 0 Å². The maximum absolute atomic E-state index is 11.2. The molecule has 0 aromatic heterocycles. The van der Waals surface area contributed by atoms with Gasteiger partial charge in [-0.1, -0.05) is 0 Å². The molecule has 1 aliphatic heterocycles. The Balaban J connectivity index is 2.57. The van der Waals surface area contributed by atoms with E-state index >= 15 is 0 Å². The van der Waals surface area contributed by atoms with Gasteiger partial charge in [0.25, 0.3) is 10.2 Å². The maximum Gasteiger partial charge on any atom is 0.274 e. The average molecular weight is 228 g/mol. The summed E-state index contributed by atoms with van der Waals surface area (Å²) >= 11 is 0. The van der Waals surface area contributed by atoms with Crippen LogP contribution < -0.4 is 9.86 Å². The van der Waals surface area contributed by atoms with Crippen molar-refractivity contribution in [3.63, 3.8) is 0 Å². The van der Waals surface area contributed by atoms with Gasteiger partial charge in [0.1, 0.15) is 0 Å². The molecule has 1 atom stereocenters. The first-order chi connectivity index (χ1) is 5.81. The highest BCUT2D eigenvalue weighted by Crippen LogP contribution is 2.18. The third-order valence-electron chi connectivity index (χ3n) is 1.98. The minimum atomic E-state index is -3.78. The molecule has 1 rings (SSSR count). The summed E-state index contributed by atoms with van der Waals surface area (Å²) in [7, 11) is -6.87. The van der Waals surface area contributed by atoms with Crippen molar-refractivity contribution < 1.29 is 16.8 Å². The summed E-state index contributed by atoms with van der Waals surface area (Å²) in [5, 5.41) is 4.06. The van der Waals surface area contributed by atoms with Crippen molar-refractivity contribution in [2.24, 2.45) is 5.14 Å². The molecule has 0 amide bonds. The second kappa shape index (κ2) is 3.52.